The minimum absolute atomic E-state index is 0.0516. The molecule has 0 fully saturated rings. The van der Waals surface area contributed by atoms with Gasteiger partial charge in [0.1, 0.15) is 0 Å². The quantitative estimate of drug-likeness (QED) is 0.789. The highest BCUT2D eigenvalue weighted by molar-refractivity contribution is 6.05. The van der Waals surface area contributed by atoms with E-state index in [-0.39, 0.29) is 30.6 Å². The summed E-state index contributed by atoms with van der Waals surface area (Å²) in [6.45, 7) is 2.65. The number of carbonyl (C=O) groups is 3. The second-order valence-electron chi connectivity index (χ2n) is 6.23. The molecule has 7 heteroatoms. The van der Waals surface area contributed by atoms with Gasteiger partial charge in [0.25, 0.3) is 5.91 Å². The van der Waals surface area contributed by atoms with Crippen LogP contribution < -0.4 is 10.2 Å². The van der Waals surface area contributed by atoms with Crippen molar-refractivity contribution in [3.8, 4) is 0 Å². The molecule has 0 bridgehead atoms. The van der Waals surface area contributed by atoms with Gasteiger partial charge in [-0.05, 0) is 55.7 Å². The number of anilines is 2. The number of carbonyl (C=O) groups excluding carboxylic acids is 3. The number of benzene rings is 1. The van der Waals surface area contributed by atoms with Gasteiger partial charge in [0.15, 0.2) is 5.76 Å². The van der Waals surface area contributed by atoms with Crippen LogP contribution in [0.1, 0.15) is 42.3 Å². The lowest BCUT2D eigenvalue weighted by atomic mass is 10.0. The molecule has 3 rings (SSSR count). The topological polar surface area (TPSA) is 88.9 Å². The van der Waals surface area contributed by atoms with Crippen LogP contribution in [0.2, 0.25) is 0 Å². The zero-order chi connectivity index (χ0) is 19.2. The molecule has 1 aromatic heterocycles. The molecular formula is C20H22N2O5. The number of amides is 2. The SMILES string of the molecule is CCOC(=O)CCC(=O)Nc1ccc2c(c1)CCCN2C(=O)c1ccco1. The first-order chi connectivity index (χ1) is 13.1. The van der Waals surface area contributed by atoms with Gasteiger partial charge in [-0.1, -0.05) is 0 Å². The zero-order valence-corrected chi connectivity index (χ0v) is 15.2. The summed E-state index contributed by atoms with van der Waals surface area (Å²) < 4.78 is 10.0. The number of esters is 1. The molecule has 0 saturated carbocycles. The second-order valence-corrected chi connectivity index (χ2v) is 6.23. The standard InChI is InChI=1S/C20H22N2O5/c1-2-26-19(24)10-9-18(23)21-15-7-8-16-14(13-15)5-3-11-22(16)20(25)17-6-4-12-27-17/h4,6-8,12-13H,2-3,5,9-11H2,1H3,(H,21,23). The first-order valence-corrected chi connectivity index (χ1v) is 9.02. The van der Waals surface area contributed by atoms with E-state index < -0.39 is 0 Å². The Morgan fingerprint density at radius 1 is 1.22 bits per heavy atom. The molecule has 0 radical (unpaired) electrons. The predicted molar refractivity (Wildman–Crippen MR) is 99.6 cm³/mol. The highest BCUT2D eigenvalue weighted by atomic mass is 16.5. The fraction of sp³-hybridized carbons (Fsp3) is 0.350. The van der Waals surface area contributed by atoms with Crippen LogP contribution in [0.4, 0.5) is 11.4 Å². The van der Waals surface area contributed by atoms with Gasteiger partial charge in [-0.15, -0.1) is 0 Å². The second kappa shape index (κ2) is 8.53. The number of ether oxygens (including phenoxy) is 1. The number of nitrogens with zero attached hydrogens (tertiary/aromatic N) is 1. The Balaban J connectivity index is 1.66. The van der Waals surface area contributed by atoms with Crippen molar-refractivity contribution in [3.05, 3.63) is 47.9 Å². The summed E-state index contributed by atoms with van der Waals surface area (Å²) in [6.07, 6.45) is 3.26. The maximum Gasteiger partial charge on any atom is 0.306 e. The van der Waals surface area contributed by atoms with Crippen molar-refractivity contribution in [2.24, 2.45) is 0 Å². The molecule has 142 valence electrons. The first kappa shape index (κ1) is 18.7. The third kappa shape index (κ3) is 4.55. The summed E-state index contributed by atoms with van der Waals surface area (Å²) in [5.74, 6) is -0.501. The molecular weight excluding hydrogens is 348 g/mol. The summed E-state index contributed by atoms with van der Waals surface area (Å²) >= 11 is 0. The molecule has 1 aromatic carbocycles. The molecule has 1 aliphatic rings. The molecule has 2 amide bonds. The maximum absolute atomic E-state index is 12.6. The lowest BCUT2D eigenvalue weighted by Gasteiger charge is -2.29. The average molecular weight is 370 g/mol. The van der Waals surface area contributed by atoms with Crippen LogP contribution in [0.3, 0.4) is 0 Å². The Labute approximate surface area is 157 Å². The molecule has 0 saturated heterocycles. The van der Waals surface area contributed by atoms with Crippen LogP contribution in [0, 0.1) is 0 Å². The van der Waals surface area contributed by atoms with Crippen LogP contribution in [0.25, 0.3) is 0 Å². The third-order valence-electron chi connectivity index (χ3n) is 4.32. The molecule has 27 heavy (non-hydrogen) atoms. The van der Waals surface area contributed by atoms with E-state index in [0.717, 1.165) is 24.1 Å². The number of rotatable bonds is 6. The number of aryl methyl sites for hydroxylation is 1. The minimum Gasteiger partial charge on any atom is -0.466 e. The van der Waals surface area contributed by atoms with E-state index in [4.69, 9.17) is 9.15 Å². The Kier molecular flexibility index (Phi) is 5.90. The summed E-state index contributed by atoms with van der Waals surface area (Å²) in [7, 11) is 0. The summed E-state index contributed by atoms with van der Waals surface area (Å²) in [5, 5.41) is 2.79. The van der Waals surface area contributed by atoms with Crippen molar-refractivity contribution in [1.82, 2.24) is 0 Å². The molecule has 7 nitrogen and oxygen atoms in total. The van der Waals surface area contributed by atoms with Crippen LogP contribution >= 0.6 is 0 Å². The molecule has 0 spiro atoms. The average Bonchev–Trinajstić information content (AvgIpc) is 3.20. The molecule has 2 aromatic rings. The monoisotopic (exact) mass is 370 g/mol. The van der Waals surface area contributed by atoms with E-state index >= 15 is 0 Å². The van der Waals surface area contributed by atoms with Gasteiger partial charge >= 0.3 is 5.97 Å². The van der Waals surface area contributed by atoms with Gasteiger partial charge in [0.05, 0.1) is 19.3 Å². The number of hydrogen-bond donors (Lipinski definition) is 1. The Bertz CT molecular complexity index is 829. The van der Waals surface area contributed by atoms with Crippen molar-refractivity contribution in [2.75, 3.05) is 23.4 Å². The van der Waals surface area contributed by atoms with Gasteiger partial charge in [0.2, 0.25) is 5.91 Å². The number of furan rings is 1. The van der Waals surface area contributed by atoms with Crippen molar-refractivity contribution in [3.63, 3.8) is 0 Å². The lowest BCUT2D eigenvalue weighted by Crippen LogP contribution is -2.35. The first-order valence-electron chi connectivity index (χ1n) is 9.02. The fourth-order valence-corrected chi connectivity index (χ4v) is 3.09. The number of nitrogens with one attached hydrogen (secondary N) is 1. The largest absolute Gasteiger partial charge is 0.466 e. The molecule has 1 aliphatic heterocycles. The number of fused-ring (bicyclic) bond motifs is 1. The van der Waals surface area contributed by atoms with Crippen molar-refractivity contribution in [1.29, 1.82) is 0 Å². The van der Waals surface area contributed by atoms with Gasteiger partial charge in [0, 0.05) is 24.3 Å². The van der Waals surface area contributed by atoms with Crippen LogP contribution in [0.5, 0.6) is 0 Å². The van der Waals surface area contributed by atoms with Gasteiger partial charge < -0.3 is 19.4 Å². The molecule has 0 aliphatic carbocycles. The predicted octanol–water partition coefficient (Wildman–Crippen LogP) is 3.15. The van der Waals surface area contributed by atoms with E-state index in [1.54, 1.807) is 30.0 Å². The van der Waals surface area contributed by atoms with Crippen molar-refractivity contribution < 1.29 is 23.5 Å². The van der Waals surface area contributed by atoms with Crippen LogP contribution in [-0.4, -0.2) is 30.9 Å². The normalized spacial score (nSPS) is 13.0. The van der Waals surface area contributed by atoms with Crippen molar-refractivity contribution >= 4 is 29.2 Å². The molecule has 0 unspecified atom stereocenters. The van der Waals surface area contributed by atoms with E-state index in [0.29, 0.717) is 24.6 Å². The van der Waals surface area contributed by atoms with Gasteiger partial charge in [-0.2, -0.15) is 0 Å². The highest BCUT2D eigenvalue weighted by Gasteiger charge is 2.25. The van der Waals surface area contributed by atoms with E-state index in [1.165, 1.54) is 6.26 Å². The van der Waals surface area contributed by atoms with Gasteiger partial charge in [-0.3, -0.25) is 14.4 Å². The van der Waals surface area contributed by atoms with E-state index in [1.807, 2.05) is 12.1 Å². The fourth-order valence-electron chi connectivity index (χ4n) is 3.09. The molecule has 1 N–H and O–H groups in total. The maximum atomic E-state index is 12.6. The summed E-state index contributed by atoms with van der Waals surface area (Å²) in [5.41, 5.74) is 2.46. The third-order valence-corrected chi connectivity index (χ3v) is 4.32. The smallest absolute Gasteiger partial charge is 0.306 e. The highest BCUT2D eigenvalue weighted by Crippen LogP contribution is 2.31. The molecule has 2 heterocycles. The van der Waals surface area contributed by atoms with Crippen LogP contribution in [-0.2, 0) is 20.7 Å². The van der Waals surface area contributed by atoms with E-state index in [9.17, 15) is 14.4 Å². The lowest BCUT2D eigenvalue weighted by molar-refractivity contribution is -0.144. The Morgan fingerprint density at radius 3 is 2.81 bits per heavy atom. The molecule has 0 atom stereocenters. The number of hydrogen-bond acceptors (Lipinski definition) is 5. The summed E-state index contributed by atoms with van der Waals surface area (Å²) in [6, 6.07) is 8.80. The Morgan fingerprint density at radius 2 is 2.07 bits per heavy atom. The van der Waals surface area contributed by atoms with E-state index in [2.05, 4.69) is 5.32 Å². The minimum atomic E-state index is -0.384. The Hall–Kier alpha value is -3.09. The van der Waals surface area contributed by atoms with Crippen molar-refractivity contribution in [2.45, 2.75) is 32.6 Å². The summed E-state index contributed by atoms with van der Waals surface area (Å²) in [4.78, 5) is 37.7. The van der Waals surface area contributed by atoms with Gasteiger partial charge in [-0.25, -0.2) is 0 Å². The van der Waals surface area contributed by atoms with Crippen LogP contribution in [0.15, 0.2) is 41.0 Å². The zero-order valence-electron chi connectivity index (χ0n) is 15.2.